The van der Waals surface area contributed by atoms with Gasteiger partial charge in [0.25, 0.3) is 0 Å². The molecule has 0 saturated heterocycles. The largest absolute Gasteiger partial charge is 0.392 e. The summed E-state index contributed by atoms with van der Waals surface area (Å²) in [6, 6.07) is 1.32. The Kier molecular flexibility index (Phi) is 10.1. The van der Waals surface area contributed by atoms with Gasteiger partial charge in [0, 0.05) is 11.1 Å². The lowest BCUT2D eigenvalue weighted by Crippen LogP contribution is -1.99. The maximum atomic E-state index is 13.0. The van der Waals surface area contributed by atoms with Crippen LogP contribution in [0, 0.1) is 25.5 Å². The summed E-state index contributed by atoms with van der Waals surface area (Å²) < 4.78 is 26.0. The van der Waals surface area contributed by atoms with Crippen molar-refractivity contribution in [2.75, 3.05) is 0 Å². The molecule has 1 N–H and O–H groups in total. The number of aliphatic hydroxyl groups excluding tert-OH is 1. The standard InChI is InChI=1S/C9H10F2O.2C2H6/c1-5-3-7(4-12)9(11)6(2)8(5)10;2*1-2/h3,12H,4H2,1-2H3;2*1-2H3. The Morgan fingerprint density at radius 2 is 1.44 bits per heavy atom. The summed E-state index contributed by atoms with van der Waals surface area (Å²) in [6.45, 7) is 10.5. The normalized spacial score (nSPS) is 8.56. The molecule has 16 heavy (non-hydrogen) atoms. The molecule has 0 unspecified atom stereocenters. The third-order valence-electron chi connectivity index (χ3n) is 1.85. The van der Waals surface area contributed by atoms with Crippen LogP contribution in [0.15, 0.2) is 6.07 Å². The summed E-state index contributed by atoms with van der Waals surface area (Å²) in [5, 5.41) is 8.70. The summed E-state index contributed by atoms with van der Waals surface area (Å²) in [5.74, 6) is -1.19. The molecular formula is C13H22F2O. The molecule has 0 atom stereocenters. The zero-order chi connectivity index (χ0) is 13.3. The summed E-state index contributed by atoms with van der Waals surface area (Å²) in [7, 11) is 0. The van der Waals surface area contributed by atoms with E-state index in [4.69, 9.17) is 5.11 Å². The van der Waals surface area contributed by atoms with Crippen molar-refractivity contribution in [3.8, 4) is 0 Å². The van der Waals surface area contributed by atoms with E-state index in [1.54, 1.807) is 6.92 Å². The minimum atomic E-state index is -0.652. The first-order valence-electron chi connectivity index (χ1n) is 5.63. The number of rotatable bonds is 1. The molecule has 1 aromatic rings. The van der Waals surface area contributed by atoms with Crippen molar-refractivity contribution in [2.45, 2.75) is 48.1 Å². The van der Waals surface area contributed by atoms with Crippen LogP contribution in [0.25, 0.3) is 0 Å². The van der Waals surface area contributed by atoms with Crippen molar-refractivity contribution in [1.29, 1.82) is 0 Å². The van der Waals surface area contributed by atoms with Crippen molar-refractivity contribution in [1.82, 2.24) is 0 Å². The van der Waals surface area contributed by atoms with E-state index in [1.807, 2.05) is 27.7 Å². The zero-order valence-corrected chi connectivity index (χ0v) is 11.0. The van der Waals surface area contributed by atoms with Gasteiger partial charge in [0.1, 0.15) is 11.6 Å². The van der Waals surface area contributed by atoms with E-state index >= 15 is 0 Å². The highest BCUT2D eigenvalue weighted by molar-refractivity contribution is 5.31. The molecular weight excluding hydrogens is 210 g/mol. The molecule has 1 nitrogen and oxygen atoms in total. The van der Waals surface area contributed by atoms with Crippen molar-refractivity contribution in [2.24, 2.45) is 0 Å². The second-order valence-electron chi connectivity index (χ2n) is 2.76. The molecule has 0 aliphatic rings. The lowest BCUT2D eigenvalue weighted by molar-refractivity contribution is 0.275. The number of aryl methyl sites for hydroxylation is 1. The SMILES string of the molecule is CC.CC.Cc1cc(CO)c(F)c(C)c1F. The monoisotopic (exact) mass is 232 g/mol. The van der Waals surface area contributed by atoms with Crippen LogP contribution in [0.4, 0.5) is 8.78 Å². The molecule has 0 bridgehead atoms. The first kappa shape index (κ1) is 17.4. The Morgan fingerprint density at radius 3 is 1.81 bits per heavy atom. The van der Waals surface area contributed by atoms with Gasteiger partial charge in [-0.2, -0.15) is 0 Å². The summed E-state index contributed by atoms with van der Waals surface area (Å²) in [6.07, 6.45) is 0. The van der Waals surface area contributed by atoms with Gasteiger partial charge >= 0.3 is 0 Å². The number of benzene rings is 1. The van der Waals surface area contributed by atoms with Crippen LogP contribution >= 0.6 is 0 Å². The molecule has 94 valence electrons. The molecule has 0 heterocycles. The second-order valence-corrected chi connectivity index (χ2v) is 2.76. The topological polar surface area (TPSA) is 20.2 Å². The molecule has 3 heteroatoms. The van der Waals surface area contributed by atoms with Gasteiger partial charge in [-0.05, 0) is 25.5 Å². The molecule has 1 rings (SSSR count). The van der Waals surface area contributed by atoms with E-state index in [-0.39, 0.29) is 11.1 Å². The minimum Gasteiger partial charge on any atom is -0.392 e. The van der Waals surface area contributed by atoms with Crippen LogP contribution in [0.2, 0.25) is 0 Å². The van der Waals surface area contributed by atoms with E-state index in [1.165, 1.54) is 13.0 Å². The average molecular weight is 232 g/mol. The Hall–Kier alpha value is -0.960. The van der Waals surface area contributed by atoms with E-state index in [2.05, 4.69) is 0 Å². The quantitative estimate of drug-likeness (QED) is 0.772. The summed E-state index contributed by atoms with van der Waals surface area (Å²) in [5.41, 5.74) is 0.475. The molecule has 0 aliphatic heterocycles. The fourth-order valence-corrected chi connectivity index (χ4v) is 1.14. The fraction of sp³-hybridized carbons (Fsp3) is 0.538. The van der Waals surface area contributed by atoms with Gasteiger partial charge in [-0.3, -0.25) is 0 Å². The first-order chi connectivity index (χ1) is 7.57. The highest BCUT2D eigenvalue weighted by Gasteiger charge is 2.11. The summed E-state index contributed by atoms with van der Waals surface area (Å²) in [4.78, 5) is 0. The Morgan fingerprint density at radius 1 is 1.00 bits per heavy atom. The zero-order valence-electron chi connectivity index (χ0n) is 11.0. The minimum absolute atomic E-state index is 0.0287. The number of hydrogen-bond acceptors (Lipinski definition) is 1. The molecule has 0 saturated carbocycles. The van der Waals surface area contributed by atoms with Gasteiger partial charge in [0.2, 0.25) is 0 Å². The lowest BCUT2D eigenvalue weighted by Gasteiger charge is -2.06. The van der Waals surface area contributed by atoms with Gasteiger partial charge < -0.3 is 5.11 Å². The number of aliphatic hydroxyl groups is 1. The van der Waals surface area contributed by atoms with E-state index in [9.17, 15) is 8.78 Å². The van der Waals surface area contributed by atoms with Crippen molar-refractivity contribution in [3.63, 3.8) is 0 Å². The first-order valence-corrected chi connectivity index (χ1v) is 5.63. The van der Waals surface area contributed by atoms with Gasteiger partial charge in [0.15, 0.2) is 0 Å². The van der Waals surface area contributed by atoms with Crippen LogP contribution in [0.1, 0.15) is 44.4 Å². The van der Waals surface area contributed by atoms with Gasteiger partial charge in [-0.25, -0.2) is 8.78 Å². The van der Waals surface area contributed by atoms with Crippen molar-refractivity contribution < 1.29 is 13.9 Å². The van der Waals surface area contributed by atoms with Crippen LogP contribution < -0.4 is 0 Å². The Labute approximate surface area is 97.1 Å². The molecule has 1 aromatic carbocycles. The highest BCUT2D eigenvalue weighted by atomic mass is 19.1. The molecule has 0 fully saturated rings. The Bertz CT molecular complexity index is 309. The van der Waals surface area contributed by atoms with E-state index in [0.717, 1.165) is 0 Å². The molecule has 0 aromatic heterocycles. The van der Waals surface area contributed by atoms with Crippen LogP contribution in [-0.2, 0) is 6.61 Å². The van der Waals surface area contributed by atoms with E-state index in [0.29, 0.717) is 5.56 Å². The molecule has 0 radical (unpaired) electrons. The van der Waals surface area contributed by atoms with Gasteiger partial charge in [-0.1, -0.05) is 27.7 Å². The van der Waals surface area contributed by atoms with Gasteiger partial charge in [0.05, 0.1) is 6.61 Å². The Balaban J connectivity index is 0. The summed E-state index contributed by atoms with van der Waals surface area (Å²) >= 11 is 0. The van der Waals surface area contributed by atoms with Crippen molar-refractivity contribution >= 4 is 0 Å². The third-order valence-corrected chi connectivity index (χ3v) is 1.85. The number of halogens is 2. The van der Waals surface area contributed by atoms with Crippen molar-refractivity contribution in [3.05, 3.63) is 34.4 Å². The molecule has 0 aliphatic carbocycles. The smallest absolute Gasteiger partial charge is 0.134 e. The maximum Gasteiger partial charge on any atom is 0.134 e. The van der Waals surface area contributed by atoms with Crippen LogP contribution in [0.5, 0.6) is 0 Å². The van der Waals surface area contributed by atoms with Gasteiger partial charge in [-0.15, -0.1) is 0 Å². The van der Waals surface area contributed by atoms with Crippen LogP contribution in [0.3, 0.4) is 0 Å². The predicted octanol–water partition coefficient (Wildman–Crippen LogP) is 4.13. The maximum absolute atomic E-state index is 13.0. The third kappa shape index (κ3) is 4.27. The fourth-order valence-electron chi connectivity index (χ4n) is 1.14. The average Bonchev–Trinajstić information content (AvgIpc) is 2.36. The van der Waals surface area contributed by atoms with E-state index < -0.39 is 18.2 Å². The molecule has 0 amide bonds. The predicted molar refractivity (Wildman–Crippen MR) is 64.5 cm³/mol. The second kappa shape index (κ2) is 9.28. The molecule has 0 spiro atoms. The van der Waals surface area contributed by atoms with Crippen LogP contribution in [-0.4, -0.2) is 5.11 Å². The number of hydrogen-bond donors (Lipinski definition) is 1. The lowest BCUT2D eigenvalue weighted by atomic mass is 10.1. The highest BCUT2D eigenvalue weighted by Crippen LogP contribution is 2.19.